The minimum absolute atomic E-state index is 0.0439. The molecule has 49 heavy (non-hydrogen) atoms. The number of phenolic OH excluding ortho intramolecular Hbond substituents is 1. The van der Waals surface area contributed by atoms with E-state index in [1.54, 1.807) is 24.3 Å². The maximum absolute atomic E-state index is 13.4. The molecule has 6 heterocycles. The van der Waals surface area contributed by atoms with Crippen molar-refractivity contribution in [2.45, 2.75) is 68.1 Å². The van der Waals surface area contributed by atoms with Gasteiger partial charge in [-0.15, -0.1) is 0 Å². The Bertz CT molecular complexity index is 1930. The van der Waals surface area contributed by atoms with Gasteiger partial charge in [0.1, 0.15) is 17.6 Å². The van der Waals surface area contributed by atoms with Gasteiger partial charge < -0.3 is 31.2 Å². The third-order valence-corrected chi connectivity index (χ3v) is 11.7. The summed E-state index contributed by atoms with van der Waals surface area (Å²) < 4.78 is 50.8. The molecule has 3 aromatic rings. The summed E-state index contributed by atoms with van der Waals surface area (Å²) in [6.07, 6.45) is 3.36. The van der Waals surface area contributed by atoms with Gasteiger partial charge in [-0.05, 0) is 90.8 Å². The minimum Gasteiger partial charge on any atom is -0.508 e. The number of hydrogen-bond acceptors (Lipinski definition) is 7. The van der Waals surface area contributed by atoms with Crippen LogP contribution >= 0.6 is 0 Å². The second kappa shape index (κ2) is 13.5. The predicted molar refractivity (Wildman–Crippen MR) is 185 cm³/mol. The summed E-state index contributed by atoms with van der Waals surface area (Å²) in [6, 6.07) is 20.2. The van der Waals surface area contributed by atoms with E-state index in [1.807, 2.05) is 48.5 Å². The van der Waals surface area contributed by atoms with Crippen molar-refractivity contribution in [3.63, 3.8) is 0 Å². The first-order chi connectivity index (χ1) is 23.6. The van der Waals surface area contributed by atoms with Crippen LogP contribution in [0.3, 0.4) is 0 Å². The molecule has 6 aliphatic heterocycles. The lowest BCUT2D eigenvalue weighted by molar-refractivity contribution is -0.0131. The molecule has 3 aromatic carbocycles. The molecule has 8 bridgehead atoms. The summed E-state index contributed by atoms with van der Waals surface area (Å²) in [6.45, 7) is -0.0439. The average Bonchev–Trinajstić information content (AvgIpc) is 3.20. The van der Waals surface area contributed by atoms with E-state index in [1.165, 1.54) is 0 Å². The second-order valence-corrected chi connectivity index (χ2v) is 15.3. The van der Waals surface area contributed by atoms with Gasteiger partial charge in [0.15, 0.2) is 5.96 Å². The lowest BCUT2D eigenvalue weighted by Gasteiger charge is -2.40. The number of aliphatic hydroxyl groups excluding tert-OH is 1. The van der Waals surface area contributed by atoms with Crippen LogP contribution in [-0.4, -0.2) is 47.1 Å². The lowest BCUT2D eigenvalue weighted by atomic mass is 9.66. The third-order valence-electron chi connectivity index (χ3n) is 10.4. The summed E-state index contributed by atoms with van der Waals surface area (Å²) >= 11 is 0. The number of nitrogens with two attached hydrogens (primary N) is 2. The molecule has 1 fully saturated rings. The van der Waals surface area contributed by atoms with Crippen LogP contribution in [0.5, 0.6) is 11.5 Å². The Labute approximate surface area is 286 Å². The Hall–Kier alpha value is -4.34. The van der Waals surface area contributed by atoms with Gasteiger partial charge in [0, 0.05) is 35.6 Å². The highest BCUT2D eigenvalue weighted by molar-refractivity contribution is 7.86. The van der Waals surface area contributed by atoms with Crippen LogP contribution in [0.15, 0.2) is 83.4 Å². The van der Waals surface area contributed by atoms with Crippen molar-refractivity contribution in [3.8, 4) is 23.3 Å². The van der Waals surface area contributed by atoms with Crippen LogP contribution in [0.25, 0.3) is 0 Å². The summed E-state index contributed by atoms with van der Waals surface area (Å²) in [5.41, 5.74) is 16.5. The molecule has 0 unspecified atom stereocenters. The van der Waals surface area contributed by atoms with Crippen LogP contribution in [0.1, 0.15) is 78.2 Å². The van der Waals surface area contributed by atoms with E-state index in [-0.39, 0.29) is 48.6 Å². The fourth-order valence-electron chi connectivity index (χ4n) is 8.18. The molecule has 256 valence electrons. The number of fused-ring (bicyclic) bond motifs is 7. The lowest BCUT2D eigenvalue weighted by Crippen LogP contribution is -2.38. The normalized spacial score (nSPS) is 29.2. The summed E-state index contributed by atoms with van der Waals surface area (Å²) in [5.74, 6) is 5.91. The van der Waals surface area contributed by atoms with Crippen molar-refractivity contribution in [1.29, 1.82) is 0 Å². The fourth-order valence-corrected chi connectivity index (χ4v) is 9.24. The van der Waals surface area contributed by atoms with Crippen molar-refractivity contribution in [2.75, 3.05) is 6.61 Å². The molecule has 7 aliphatic rings. The summed E-state index contributed by atoms with van der Waals surface area (Å²) in [4.78, 5) is 4.34. The van der Waals surface area contributed by atoms with Crippen molar-refractivity contribution in [3.05, 3.63) is 106 Å². The summed E-state index contributed by atoms with van der Waals surface area (Å²) in [7, 11) is -4.52. The number of ether oxygens (including phenoxy) is 2. The Morgan fingerprint density at radius 2 is 1.76 bits per heavy atom. The highest BCUT2D eigenvalue weighted by atomic mass is 32.2. The topological polar surface area (TPSA) is 178 Å². The standard InChI is InChI=1S/C38H41N3O7S/c39-38(40)41-37-25-9-7-24(8-10-25)35-27-17-28(20-33(35)34(49(44,45)46)15-6-22-4-12-30(48-37)13-5-22)36-32-14-11-29(43)18-26(32)3-1-2-23(21-42)16-31(19-27)47-36/h4-5,7-14,18,20,23,27,31,33-37,42-43H,2,6,15-17,19,21H2,(H4,39,40,41)(H,44,45,46)/t23-,27+,31-,33+,34+,35+,36+,37+/m0/s1. The van der Waals surface area contributed by atoms with E-state index in [9.17, 15) is 23.2 Å². The Kier molecular flexibility index (Phi) is 9.15. The number of guanidine groups is 1. The largest absolute Gasteiger partial charge is 0.508 e. The van der Waals surface area contributed by atoms with Crippen molar-refractivity contribution in [1.82, 2.24) is 0 Å². The Morgan fingerprint density at radius 1 is 1.00 bits per heavy atom. The van der Waals surface area contributed by atoms with Gasteiger partial charge in [-0.3, -0.25) is 4.55 Å². The number of rotatable bonds is 3. The zero-order valence-corrected chi connectivity index (χ0v) is 27.8. The number of nitrogens with zero attached hydrogens (tertiary/aromatic N) is 1. The van der Waals surface area contributed by atoms with E-state index in [0.717, 1.165) is 27.8 Å². The Balaban J connectivity index is 1.41. The van der Waals surface area contributed by atoms with E-state index in [4.69, 9.17) is 20.9 Å². The van der Waals surface area contributed by atoms with Crippen LogP contribution in [0.2, 0.25) is 0 Å². The number of aliphatic hydroxyl groups is 1. The number of hydrogen-bond donors (Lipinski definition) is 5. The third kappa shape index (κ3) is 7.05. The highest BCUT2D eigenvalue weighted by Crippen LogP contribution is 2.53. The van der Waals surface area contributed by atoms with Gasteiger partial charge >= 0.3 is 0 Å². The van der Waals surface area contributed by atoms with Gasteiger partial charge in [0.2, 0.25) is 6.23 Å². The maximum Gasteiger partial charge on any atom is 0.268 e. The number of phenols is 1. The quantitative estimate of drug-likeness (QED) is 0.0847. The van der Waals surface area contributed by atoms with E-state index < -0.39 is 33.6 Å². The molecule has 10 nitrogen and oxygen atoms in total. The highest BCUT2D eigenvalue weighted by Gasteiger charge is 2.47. The number of aliphatic imine (C=N–C) groups is 1. The number of benzene rings is 3. The second-order valence-electron chi connectivity index (χ2n) is 13.7. The van der Waals surface area contributed by atoms with Crippen molar-refractivity contribution < 1.29 is 32.7 Å². The molecular weight excluding hydrogens is 642 g/mol. The number of allylic oxidation sites excluding steroid dienone is 1. The van der Waals surface area contributed by atoms with Crippen LogP contribution in [0, 0.1) is 29.6 Å². The van der Waals surface area contributed by atoms with Gasteiger partial charge in [-0.25, -0.2) is 4.99 Å². The van der Waals surface area contributed by atoms with Gasteiger partial charge in [0.25, 0.3) is 10.1 Å². The van der Waals surface area contributed by atoms with Crippen molar-refractivity contribution in [2.24, 2.45) is 34.2 Å². The molecule has 11 heteroatoms. The maximum atomic E-state index is 13.4. The minimum atomic E-state index is -4.52. The SMILES string of the molecule is NC(N)=N[C@@H]1Oc2ccc(cc2)CC[C@@H](S(=O)(=O)O)[C@H]2C=C3C[C@H](C[C@@H]4C[C@@H](CO)CC#Cc5cc(O)ccc5[C@@H]3O4)[C@H]2c2ccc1cc2. The molecule has 0 amide bonds. The van der Waals surface area contributed by atoms with Crippen molar-refractivity contribution >= 4 is 16.1 Å². The van der Waals surface area contributed by atoms with Gasteiger partial charge in [-0.2, -0.15) is 8.42 Å². The molecule has 8 atom stereocenters. The first-order valence-corrected chi connectivity index (χ1v) is 18.2. The van der Waals surface area contributed by atoms with E-state index in [0.29, 0.717) is 43.4 Å². The fraction of sp³-hybridized carbons (Fsp3) is 0.395. The molecule has 0 radical (unpaired) electrons. The molecule has 0 spiro atoms. The van der Waals surface area contributed by atoms with Crippen LogP contribution in [0.4, 0.5) is 0 Å². The van der Waals surface area contributed by atoms with E-state index in [2.05, 4.69) is 16.8 Å². The molecule has 1 saturated heterocycles. The van der Waals surface area contributed by atoms with Crippen LogP contribution < -0.4 is 16.2 Å². The number of aryl methyl sites for hydroxylation is 1. The molecule has 0 aromatic heterocycles. The number of aromatic hydroxyl groups is 1. The predicted octanol–water partition coefficient (Wildman–Crippen LogP) is 4.88. The molecular formula is C38H41N3O7S. The van der Waals surface area contributed by atoms with Gasteiger partial charge in [-0.1, -0.05) is 60.4 Å². The smallest absolute Gasteiger partial charge is 0.268 e. The molecule has 0 saturated carbocycles. The van der Waals surface area contributed by atoms with E-state index >= 15 is 0 Å². The molecule has 7 N–H and O–H groups in total. The molecule has 10 rings (SSSR count). The summed E-state index contributed by atoms with van der Waals surface area (Å²) in [5, 5.41) is 19.5. The monoisotopic (exact) mass is 683 g/mol. The van der Waals surface area contributed by atoms with Crippen LogP contribution in [-0.2, 0) is 21.3 Å². The first kappa shape index (κ1) is 33.2. The molecule has 1 aliphatic carbocycles. The first-order valence-electron chi connectivity index (χ1n) is 16.7. The van der Waals surface area contributed by atoms with Gasteiger partial charge in [0.05, 0.1) is 11.4 Å². The zero-order valence-electron chi connectivity index (χ0n) is 27.0. The average molecular weight is 684 g/mol. The zero-order chi connectivity index (χ0) is 34.3. The Morgan fingerprint density at radius 3 is 2.47 bits per heavy atom.